The van der Waals surface area contributed by atoms with E-state index in [4.69, 9.17) is 14.2 Å². The molecule has 0 radical (unpaired) electrons. The second-order valence-electron chi connectivity index (χ2n) is 4.28. The molecule has 1 aliphatic rings. The van der Waals surface area contributed by atoms with Gasteiger partial charge >= 0.3 is 6.09 Å². The Balaban J connectivity index is 3.05. The largest absolute Gasteiger partial charge is 0.501 e. The Bertz CT molecular complexity index is 464. The van der Waals surface area contributed by atoms with E-state index in [1.165, 1.54) is 12.0 Å². The van der Waals surface area contributed by atoms with Gasteiger partial charge in [0.25, 0.3) is 0 Å². The summed E-state index contributed by atoms with van der Waals surface area (Å²) in [5, 5.41) is 9.96. The number of aliphatic hydroxyl groups is 1. The zero-order chi connectivity index (χ0) is 15.3. The van der Waals surface area contributed by atoms with Crippen molar-refractivity contribution in [3.63, 3.8) is 0 Å². The van der Waals surface area contributed by atoms with Gasteiger partial charge in [-0.2, -0.15) is 0 Å². The number of nitrogens with zero attached hydrogens (tertiary/aromatic N) is 1. The number of cyclic esters (lactones) is 1. The number of ether oxygens (including phenoxy) is 3. The van der Waals surface area contributed by atoms with Crippen molar-refractivity contribution in [1.29, 1.82) is 0 Å². The molecule has 0 spiro atoms. The van der Waals surface area contributed by atoms with Gasteiger partial charge in [0.15, 0.2) is 12.0 Å². The molecule has 0 aromatic carbocycles. The van der Waals surface area contributed by atoms with Crippen LogP contribution in [0.15, 0.2) is 35.0 Å². The van der Waals surface area contributed by atoms with Crippen molar-refractivity contribution in [2.75, 3.05) is 20.8 Å². The van der Waals surface area contributed by atoms with Crippen LogP contribution in [0, 0.1) is 0 Å². The van der Waals surface area contributed by atoms with Gasteiger partial charge < -0.3 is 19.3 Å². The van der Waals surface area contributed by atoms with E-state index in [2.05, 4.69) is 0 Å². The molecule has 1 unspecified atom stereocenters. The minimum Gasteiger partial charge on any atom is -0.501 e. The lowest BCUT2D eigenvalue weighted by molar-refractivity contribution is 0.0844. The molecule has 1 aliphatic heterocycles. The number of aliphatic hydroxyl groups excluding tert-OH is 1. The van der Waals surface area contributed by atoms with E-state index >= 15 is 0 Å². The lowest BCUT2D eigenvalue weighted by Gasteiger charge is -2.13. The average molecular weight is 283 g/mol. The maximum atomic E-state index is 11.5. The number of carbonyl (C=O) groups is 1. The third kappa shape index (κ3) is 3.54. The summed E-state index contributed by atoms with van der Waals surface area (Å²) in [5.41, 5.74) is 0.712. The van der Waals surface area contributed by atoms with Gasteiger partial charge in [-0.15, -0.1) is 0 Å². The molecule has 20 heavy (non-hydrogen) atoms. The van der Waals surface area contributed by atoms with Gasteiger partial charge in [0, 0.05) is 12.6 Å². The van der Waals surface area contributed by atoms with Crippen molar-refractivity contribution in [1.82, 2.24) is 4.90 Å². The lowest BCUT2D eigenvalue weighted by Crippen LogP contribution is -2.32. The van der Waals surface area contributed by atoms with Crippen molar-refractivity contribution < 1.29 is 24.1 Å². The molecule has 1 saturated heterocycles. The molecule has 1 N–H and O–H groups in total. The Labute approximate surface area is 118 Å². The molecular formula is C14H21NO5. The monoisotopic (exact) mass is 283 g/mol. The van der Waals surface area contributed by atoms with E-state index in [1.807, 2.05) is 0 Å². The maximum absolute atomic E-state index is 11.5. The van der Waals surface area contributed by atoms with Crippen LogP contribution in [-0.4, -0.2) is 43.1 Å². The first-order valence-corrected chi connectivity index (χ1v) is 6.29. The van der Waals surface area contributed by atoms with Crippen LogP contribution in [-0.2, 0) is 14.2 Å². The van der Waals surface area contributed by atoms with Crippen LogP contribution in [0.5, 0.6) is 0 Å². The highest BCUT2D eigenvalue weighted by atomic mass is 16.6. The summed E-state index contributed by atoms with van der Waals surface area (Å²) in [6.45, 7) is 5.73. The highest BCUT2D eigenvalue weighted by Gasteiger charge is 2.35. The fourth-order valence-corrected chi connectivity index (χ4v) is 1.73. The van der Waals surface area contributed by atoms with Gasteiger partial charge in [0.1, 0.15) is 5.76 Å². The standard InChI is InChI=1S/C14H21NO5/c1-6-15-13(16)12(20-14(15)17)7-9(2)11(19-5)8-10(3)18-4/h7-8,13,16H,6H2,1-5H3/b10-8+,11-9-,12-7+. The van der Waals surface area contributed by atoms with Crippen molar-refractivity contribution in [2.24, 2.45) is 0 Å². The fourth-order valence-electron chi connectivity index (χ4n) is 1.73. The fraction of sp³-hybridized carbons (Fsp3) is 0.500. The van der Waals surface area contributed by atoms with Crippen LogP contribution >= 0.6 is 0 Å². The minimum atomic E-state index is -1.06. The van der Waals surface area contributed by atoms with E-state index in [0.29, 0.717) is 23.6 Å². The third-order valence-corrected chi connectivity index (χ3v) is 2.95. The molecule has 6 nitrogen and oxygen atoms in total. The molecule has 0 bridgehead atoms. The van der Waals surface area contributed by atoms with Gasteiger partial charge in [0.2, 0.25) is 0 Å². The van der Waals surface area contributed by atoms with Gasteiger partial charge in [-0.05, 0) is 32.4 Å². The van der Waals surface area contributed by atoms with Gasteiger partial charge in [-0.3, -0.25) is 4.90 Å². The summed E-state index contributed by atoms with van der Waals surface area (Å²) < 4.78 is 15.3. The third-order valence-electron chi connectivity index (χ3n) is 2.95. The lowest BCUT2D eigenvalue weighted by atomic mass is 10.2. The average Bonchev–Trinajstić information content (AvgIpc) is 2.69. The molecule has 0 saturated carbocycles. The van der Waals surface area contributed by atoms with Gasteiger partial charge in [-0.25, -0.2) is 4.79 Å². The molecule has 1 atom stereocenters. The zero-order valence-electron chi connectivity index (χ0n) is 12.5. The number of likely N-dealkylation sites (N-methyl/N-ethyl adjacent to an activating group) is 1. The van der Waals surface area contributed by atoms with Crippen LogP contribution in [0.4, 0.5) is 4.79 Å². The van der Waals surface area contributed by atoms with E-state index in [0.717, 1.165) is 0 Å². The van der Waals surface area contributed by atoms with Crippen LogP contribution in [0.25, 0.3) is 0 Å². The van der Waals surface area contributed by atoms with E-state index in [9.17, 15) is 9.90 Å². The first-order chi connectivity index (χ1) is 9.44. The summed E-state index contributed by atoms with van der Waals surface area (Å²) in [5.74, 6) is 1.43. The van der Waals surface area contributed by atoms with Crippen molar-refractivity contribution >= 4 is 6.09 Å². The number of rotatable bonds is 5. The molecule has 0 aromatic rings. The SMILES string of the molecule is CCN1C(=O)O/C(=C/C(C)=C(/C=C(\C)OC)OC)C1O. The molecule has 1 fully saturated rings. The van der Waals surface area contributed by atoms with E-state index in [1.54, 1.807) is 40.0 Å². The first-order valence-electron chi connectivity index (χ1n) is 6.29. The first kappa shape index (κ1) is 16.1. The van der Waals surface area contributed by atoms with Crippen molar-refractivity contribution in [3.05, 3.63) is 35.0 Å². The summed E-state index contributed by atoms with van der Waals surface area (Å²) in [7, 11) is 3.10. The van der Waals surface area contributed by atoms with Gasteiger partial charge in [-0.1, -0.05) is 0 Å². The molecule has 1 heterocycles. The molecular weight excluding hydrogens is 262 g/mol. The predicted octanol–water partition coefficient (Wildman–Crippen LogP) is 2.13. The minimum absolute atomic E-state index is 0.187. The number of hydrogen-bond acceptors (Lipinski definition) is 5. The molecule has 1 rings (SSSR count). The number of amides is 1. The maximum Gasteiger partial charge on any atom is 0.417 e. The molecule has 6 heteroatoms. The van der Waals surface area contributed by atoms with Crippen molar-refractivity contribution in [3.8, 4) is 0 Å². The smallest absolute Gasteiger partial charge is 0.417 e. The molecule has 112 valence electrons. The van der Waals surface area contributed by atoms with Crippen LogP contribution in [0.1, 0.15) is 20.8 Å². The molecule has 0 aromatic heterocycles. The highest BCUT2D eigenvalue weighted by Crippen LogP contribution is 2.23. The van der Waals surface area contributed by atoms with Crippen LogP contribution < -0.4 is 0 Å². The van der Waals surface area contributed by atoms with E-state index in [-0.39, 0.29) is 5.76 Å². The highest BCUT2D eigenvalue weighted by molar-refractivity contribution is 5.72. The number of allylic oxidation sites excluding steroid dienone is 4. The van der Waals surface area contributed by atoms with Crippen LogP contribution in [0.2, 0.25) is 0 Å². The van der Waals surface area contributed by atoms with Gasteiger partial charge in [0.05, 0.1) is 20.0 Å². The Morgan fingerprint density at radius 2 is 2.05 bits per heavy atom. The summed E-state index contributed by atoms with van der Waals surface area (Å²) in [4.78, 5) is 12.7. The summed E-state index contributed by atoms with van der Waals surface area (Å²) >= 11 is 0. The number of carbonyl (C=O) groups excluding carboxylic acids is 1. The Hall–Kier alpha value is -1.95. The Kier molecular flexibility index (Phi) is 5.64. The summed E-state index contributed by atoms with van der Waals surface area (Å²) in [6.07, 6.45) is 1.68. The predicted molar refractivity (Wildman–Crippen MR) is 73.4 cm³/mol. The normalized spacial score (nSPS) is 22.8. The topological polar surface area (TPSA) is 68.2 Å². The molecule has 0 aliphatic carbocycles. The number of hydrogen-bond donors (Lipinski definition) is 1. The second kappa shape index (κ2) is 7.00. The zero-order valence-corrected chi connectivity index (χ0v) is 12.5. The van der Waals surface area contributed by atoms with E-state index < -0.39 is 12.3 Å². The second-order valence-corrected chi connectivity index (χ2v) is 4.28. The molecule has 1 amide bonds. The summed E-state index contributed by atoms with van der Waals surface area (Å²) in [6, 6.07) is 0. The Morgan fingerprint density at radius 1 is 1.40 bits per heavy atom. The Morgan fingerprint density at radius 3 is 2.50 bits per heavy atom. The van der Waals surface area contributed by atoms with Crippen molar-refractivity contribution in [2.45, 2.75) is 27.0 Å². The number of methoxy groups -OCH3 is 2. The quantitative estimate of drug-likeness (QED) is 0.618. The van der Waals surface area contributed by atoms with Crippen LogP contribution in [0.3, 0.4) is 0 Å².